The third kappa shape index (κ3) is 30.2. The topological polar surface area (TPSA) is 113 Å². The largest absolute Gasteiger partial charge is 0.462 e. The van der Waals surface area contributed by atoms with Gasteiger partial charge in [0.05, 0.1) is 18.8 Å². The lowest BCUT2D eigenvalue weighted by atomic mass is 10.0. The van der Waals surface area contributed by atoms with Crippen LogP contribution < -0.4 is 0 Å². The fraction of sp³-hybridized carbons (Fsp3) is 0.737. The molecule has 3 atom stereocenters. The highest BCUT2D eigenvalue weighted by Gasteiger charge is 2.18. The van der Waals surface area contributed by atoms with Gasteiger partial charge in [-0.15, -0.1) is 0 Å². The molecule has 0 heterocycles. The van der Waals surface area contributed by atoms with Crippen LogP contribution in [0, 0.1) is 5.92 Å². The molecule has 45 heavy (non-hydrogen) atoms. The maximum atomic E-state index is 12.1. The second kappa shape index (κ2) is 31.7. The van der Waals surface area contributed by atoms with Gasteiger partial charge in [-0.1, -0.05) is 127 Å². The minimum Gasteiger partial charge on any atom is -0.462 e. The summed E-state index contributed by atoms with van der Waals surface area (Å²) >= 11 is 0. The van der Waals surface area contributed by atoms with Gasteiger partial charge in [0, 0.05) is 12.8 Å². The maximum absolute atomic E-state index is 12.1. The predicted molar refractivity (Wildman–Crippen MR) is 185 cm³/mol. The van der Waals surface area contributed by atoms with E-state index in [-0.39, 0.29) is 25.4 Å². The second-order valence-electron chi connectivity index (χ2n) is 12.4. The molecule has 0 aromatic carbocycles. The molecule has 7 heteroatoms. The molecule has 0 spiro atoms. The Morgan fingerprint density at radius 1 is 0.622 bits per heavy atom. The number of ether oxygens (including phenoxy) is 2. The van der Waals surface area contributed by atoms with Gasteiger partial charge >= 0.3 is 11.9 Å². The number of hydrogen-bond acceptors (Lipinski definition) is 7. The molecule has 0 aromatic rings. The molecule has 0 aliphatic heterocycles. The third-order valence-electron chi connectivity index (χ3n) is 7.52. The van der Waals surface area contributed by atoms with Gasteiger partial charge in [-0.25, -0.2) is 0 Å². The van der Waals surface area contributed by atoms with E-state index in [0.717, 1.165) is 50.9 Å². The smallest absolute Gasteiger partial charge is 0.306 e. The summed E-state index contributed by atoms with van der Waals surface area (Å²) in [6.45, 7) is 6.05. The zero-order chi connectivity index (χ0) is 33.4. The first-order chi connectivity index (χ1) is 21.8. The van der Waals surface area contributed by atoms with Crippen molar-refractivity contribution in [2.75, 3.05) is 13.2 Å². The van der Waals surface area contributed by atoms with Crippen LogP contribution in [0.1, 0.15) is 143 Å². The van der Waals surface area contributed by atoms with Gasteiger partial charge in [0.25, 0.3) is 0 Å². The first kappa shape index (κ1) is 42.8. The van der Waals surface area contributed by atoms with E-state index in [9.17, 15) is 24.9 Å². The molecule has 0 fully saturated rings. The van der Waals surface area contributed by atoms with E-state index < -0.39 is 30.9 Å². The lowest BCUT2D eigenvalue weighted by Crippen LogP contribution is -2.28. The van der Waals surface area contributed by atoms with Crippen molar-refractivity contribution in [1.29, 1.82) is 0 Å². The molecule has 0 aliphatic rings. The van der Waals surface area contributed by atoms with Gasteiger partial charge in [0.2, 0.25) is 0 Å². The first-order valence-electron chi connectivity index (χ1n) is 17.7. The van der Waals surface area contributed by atoms with Crippen LogP contribution in [0.15, 0.2) is 48.6 Å². The Balaban J connectivity index is 3.88. The van der Waals surface area contributed by atoms with Crippen LogP contribution >= 0.6 is 0 Å². The van der Waals surface area contributed by atoms with Crippen LogP contribution in [0.4, 0.5) is 0 Å². The van der Waals surface area contributed by atoms with Crippen molar-refractivity contribution in [3.63, 3.8) is 0 Å². The minimum atomic E-state index is -0.935. The maximum Gasteiger partial charge on any atom is 0.306 e. The Morgan fingerprint density at radius 2 is 1.13 bits per heavy atom. The molecule has 0 aliphatic carbocycles. The molecular weight excluding hydrogens is 568 g/mol. The van der Waals surface area contributed by atoms with Gasteiger partial charge in [0.15, 0.2) is 6.10 Å². The fourth-order valence-corrected chi connectivity index (χ4v) is 4.71. The molecule has 0 unspecified atom stereocenters. The number of aliphatic hydroxyl groups excluding tert-OH is 3. The highest BCUT2D eigenvalue weighted by atomic mass is 16.6. The van der Waals surface area contributed by atoms with E-state index in [2.05, 4.69) is 57.2 Å². The number of rotatable bonds is 30. The number of carbonyl (C=O) groups is 2. The van der Waals surface area contributed by atoms with E-state index >= 15 is 0 Å². The van der Waals surface area contributed by atoms with Crippen LogP contribution in [0.2, 0.25) is 0 Å². The number of hydrogen-bond donors (Lipinski definition) is 3. The van der Waals surface area contributed by atoms with E-state index in [4.69, 9.17) is 9.47 Å². The molecule has 0 saturated heterocycles. The highest BCUT2D eigenvalue weighted by molar-refractivity contribution is 5.70. The van der Waals surface area contributed by atoms with Crippen LogP contribution in [0.5, 0.6) is 0 Å². The van der Waals surface area contributed by atoms with Crippen molar-refractivity contribution in [1.82, 2.24) is 0 Å². The van der Waals surface area contributed by atoms with E-state index in [1.807, 2.05) is 12.2 Å². The molecule has 0 rings (SSSR count). The summed E-state index contributed by atoms with van der Waals surface area (Å²) < 4.78 is 10.4. The summed E-state index contributed by atoms with van der Waals surface area (Å²) in [6.07, 6.45) is 30.7. The Morgan fingerprint density at radius 3 is 1.69 bits per heavy atom. The number of unbranched alkanes of at least 4 members (excludes halogenated alkanes) is 8. The summed E-state index contributed by atoms with van der Waals surface area (Å²) in [4.78, 5) is 24.2. The van der Waals surface area contributed by atoms with E-state index in [0.29, 0.717) is 19.3 Å². The highest BCUT2D eigenvalue weighted by Crippen LogP contribution is 2.14. The second-order valence-corrected chi connectivity index (χ2v) is 12.4. The van der Waals surface area contributed by atoms with Gasteiger partial charge in [-0.3, -0.25) is 9.59 Å². The van der Waals surface area contributed by atoms with Crippen molar-refractivity contribution in [3.8, 4) is 0 Å². The summed E-state index contributed by atoms with van der Waals surface area (Å²) in [7, 11) is 0. The van der Waals surface area contributed by atoms with E-state index in [1.54, 1.807) is 0 Å². The molecule has 260 valence electrons. The SMILES string of the molecule is CC/C=C\C/C=C\C/C=C\C/C=C\C[C@H](O)[C@@H](O)CCCC(=O)OC[C@H](CO)OC(=O)CCCCCCCCCCCC(C)C. The van der Waals surface area contributed by atoms with Gasteiger partial charge in [-0.2, -0.15) is 0 Å². The molecule has 0 radical (unpaired) electrons. The first-order valence-corrected chi connectivity index (χ1v) is 17.7. The molecule has 7 nitrogen and oxygen atoms in total. The van der Waals surface area contributed by atoms with Crippen LogP contribution in [-0.2, 0) is 19.1 Å². The van der Waals surface area contributed by atoms with E-state index in [1.165, 1.54) is 44.9 Å². The normalized spacial score (nSPS) is 14.3. The monoisotopic (exact) mass is 634 g/mol. The Bertz CT molecular complexity index is 815. The summed E-state index contributed by atoms with van der Waals surface area (Å²) in [5, 5.41) is 29.9. The average molecular weight is 635 g/mol. The average Bonchev–Trinajstić information content (AvgIpc) is 3.01. The van der Waals surface area contributed by atoms with Gasteiger partial charge in [0.1, 0.15) is 6.61 Å². The van der Waals surface area contributed by atoms with Crippen molar-refractivity contribution in [2.24, 2.45) is 5.92 Å². The Kier molecular flexibility index (Phi) is 30.2. The molecule has 3 N–H and O–H groups in total. The van der Waals surface area contributed by atoms with Crippen LogP contribution in [0.25, 0.3) is 0 Å². The van der Waals surface area contributed by atoms with Crippen LogP contribution in [-0.4, -0.2) is 58.8 Å². The zero-order valence-electron chi connectivity index (χ0n) is 28.8. The number of carbonyl (C=O) groups excluding carboxylic acids is 2. The predicted octanol–water partition coefficient (Wildman–Crippen LogP) is 8.47. The quantitative estimate of drug-likeness (QED) is 0.0413. The standard InChI is InChI=1S/C38H66O7/c1-4-5-6-7-8-9-10-11-14-17-20-23-27-35(40)36(41)28-25-30-37(42)44-32-34(31-39)45-38(43)29-24-21-18-15-12-13-16-19-22-26-33(2)3/h5-6,8-9,11,14,20,23,33-36,39-41H,4,7,10,12-13,15-19,21-22,24-32H2,1-3H3/b6-5-,9-8-,14-11-,23-20-/t34-,35-,36-/m0/s1. The summed E-state index contributed by atoms with van der Waals surface area (Å²) in [6, 6.07) is 0. The van der Waals surface area contributed by atoms with Crippen molar-refractivity contribution >= 4 is 11.9 Å². The van der Waals surface area contributed by atoms with Crippen molar-refractivity contribution < 1.29 is 34.4 Å². The summed E-state index contributed by atoms with van der Waals surface area (Å²) in [5.41, 5.74) is 0. The van der Waals surface area contributed by atoms with Crippen LogP contribution in [0.3, 0.4) is 0 Å². The molecule has 0 aromatic heterocycles. The number of aliphatic hydroxyl groups is 3. The lowest BCUT2D eigenvalue weighted by molar-refractivity contribution is -0.161. The fourth-order valence-electron chi connectivity index (χ4n) is 4.71. The molecular formula is C38H66O7. The molecule has 0 bridgehead atoms. The van der Waals surface area contributed by atoms with Gasteiger partial charge in [-0.05, 0) is 57.3 Å². The Hall–Kier alpha value is -2.22. The minimum absolute atomic E-state index is 0.0673. The number of allylic oxidation sites excluding steroid dienone is 7. The Labute approximate surface area is 274 Å². The van der Waals surface area contributed by atoms with Gasteiger partial charge < -0.3 is 24.8 Å². The third-order valence-corrected chi connectivity index (χ3v) is 7.52. The summed E-state index contributed by atoms with van der Waals surface area (Å²) in [5.74, 6) is -0.0872. The van der Waals surface area contributed by atoms with Crippen molar-refractivity contribution in [2.45, 2.75) is 161 Å². The zero-order valence-corrected chi connectivity index (χ0v) is 28.8. The number of esters is 2. The van der Waals surface area contributed by atoms with Crippen molar-refractivity contribution in [3.05, 3.63) is 48.6 Å². The lowest BCUT2D eigenvalue weighted by Gasteiger charge is -2.17. The molecule has 0 amide bonds. The molecule has 0 saturated carbocycles.